The van der Waals surface area contributed by atoms with E-state index in [2.05, 4.69) is 10.2 Å². The highest BCUT2D eigenvalue weighted by molar-refractivity contribution is 6.30. The Labute approximate surface area is 172 Å². The van der Waals surface area contributed by atoms with Gasteiger partial charge in [-0.05, 0) is 37.2 Å². The molecule has 1 aromatic rings. The van der Waals surface area contributed by atoms with E-state index in [9.17, 15) is 9.59 Å². The third kappa shape index (κ3) is 6.35. The molecular weight excluding hydrogens is 387 g/mol. The summed E-state index contributed by atoms with van der Waals surface area (Å²) in [6.07, 6.45) is 1.49. The van der Waals surface area contributed by atoms with Gasteiger partial charge in [-0.25, -0.2) is 0 Å². The van der Waals surface area contributed by atoms with Crippen LogP contribution in [0.3, 0.4) is 0 Å². The molecule has 27 heavy (non-hydrogen) atoms. The molecule has 0 unspecified atom stereocenters. The average Bonchev–Trinajstić information content (AvgIpc) is 2.92. The topological polar surface area (TPSA) is 55.9 Å². The van der Waals surface area contributed by atoms with E-state index in [1.54, 1.807) is 24.3 Å². The molecule has 0 radical (unpaired) electrons. The molecule has 0 bridgehead atoms. The van der Waals surface area contributed by atoms with E-state index >= 15 is 0 Å². The number of carbonyl (C=O) groups excluding carboxylic acids is 2. The van der Waals surface area contributed by atoms with Crippen LogP contribution in [0, 0.1) is 0 Å². The van der Waals surface area contributed by atoms with Gasteiger partial charge in [-0.15, -0.1) is 12.4 Å². The van der Waals surface area contributed by atoms with Gasteiger partial charge in [0.2, 0.25) is 5.91 Å². The molecule has 0 aromatic heterocycles. The predicted octanol–water partition coefficient (Wildman–Crippen LogP) is 1.73. The summed E-state index contributed by atoms with van der Waals surface area (Å²) >= 11 is 5.90. The molecule has 0 atom stereocenters. The number of benzene rings is 1. The number of piperazine rings is 1. The Morgan fingerprint density at radius 1 is 0.926 bits per heavy atom. The van der Waals surface area contributed by atoms with Gasteiger partial charge in [0.25, 0.3) is 5.91 Å². The minimum Gasteiger partial charge on any atom is -0.340 e. The minimum absolute atomic E-state index is 0. The number of nitrogens with zero attached hydrogens (tertiary/aromatic N) is 3. The van der Waals surface area contributed by atoms with Crippen LogP contribution < -0.4 is 5.32 Å². The molecule has 2 aliphatic rings. The molecule has 8 heteroatoms. The van der Waals surface area contributed by atoms with Crippen molar-refractivity contribution in [3.8, 4) is 0 Å². The average molecular weight is 415 g/mol. The lowest BCUT2D eigenvalue weighted by atomic mass is 10.2. The predicted molar refractivity (Wildman–Crippen MR) is 110 cm³/mol. The lowest BCUT2D eigenvalue weighted by molar-refractivity contribution is -0.132. The number of hydrogen-bond acceptors (Lipinski definition) is 4. The van der Waals surface area contributed by atoms with Crippen LogP contribution in [-0.4, -0.2) is 85.4 Å². The SMILES string of the molecule is Cl.O=C(CCN1CCCN(C(=O)c2ccc(Cl)cc2)CC1)N1CCNCC1. The van der Waals surface area contributed by atoms with Gasteiger partial charge in [0.15, 0.2) is 0 Å². The Kier molecular flexibility index (Phi) is 8.83. The van der Waals surface area contributed by atoms with Gasteiger partial charge >= 0.3 is 0 Å². The highest BCUT2D eigenvalue weighted by Crippen LogP contribution is 2.13. The normalized spacial score (nSPS) is 18.6. The highest BCUT2D eigenvalue weighted by Gasteiger charge is 2.22. The Hall–Kier alpha value is -1.34. The Morgan fingerprint density at radius 2 is 1.63 bits per heavy atom. The second kappa shape index (κ2) is 10.9. The zero-order chi connectivity index (χ0) is 18.4. The van der Waals surface area contributed by atoms with Crippen molar-refractivity contribution < 1.29 is 9.59 Å². The number of nitrogens with one attached hydrogen (secondary N) is 1. The molecule has 2 heterocycles. The van der Waals surface area contributed by atoms with Gasteiger partial charge in [0.1, 0.15) is 0 Å². The molecule has 0 aliphatic carbocycles. The van der Waals surface area contributed by atoms with E-state index in [1.807, 2.05) is 9.80 Å². The molecule has 2 amide bonds. The van der Waals surface area contributed by atoms with Crippen LogP contribution in [0.4, 0.5) is 0 Å². The number of amides is 2. The molecule has 3 rings (SSSR count). The summed E-state index contributed by atoms with van der Waals surface area (Å²) in [5, 5.41) is 3.90. The van der Waals surface area contributed by atoms with Crippen molar-refractivity contribution in [2.24, 2.45) is 0 Å². The van der Waals surface area contributed by atoms with Crippen molar-refractivity contribution in [2.75, 3.05) is 58.9 Å². The third-order valence-corrected chi connectivity index (χ3v) is 5.33. The molecule has 150 valence electrons. The first kappa shape index (κ1) is 22.0. The van der Waals surface area contributed by atoms with Crippen molar-refractivity contribution in [3.05, 3.63) is 34.9 Å². The quantitative estimate of drug-likeness (QED) is 0.814. The molecule has 2 aliphatic heterocycles. The van der Waals surface area contributed by atoms with Gasteiger partial charge in [0, 0.05) is 69.4 Å². The largest absolute Gasteiger partial charge is 0.340 e. The minimum atomic E-state index is 0. The zero-order valence-electron chi connectivity index (χ0n) is 15.5. The van der Waals surface area contributed by atoms with E-state index in [0.717, 1.165) is 58.8 Å². The molecule has 1 aromatic carbocycles. The van der Waals surface area contributed by atoms with E-state index in [-0.39, 0.29) is 24.2 Å². The molecular formula is C19H28Cl2N4O2. The van der Waals surface area contributed by atoms with Gasteiger partial charge < -0.3 is 20.0 Å². The smallest absolute Gasteiger partial charge is 0.253 e. The first-order valence-electron chi connectivity index (χ1n) is 9.39. The fraction of sp³-hybridized carbons (Fsp3) is 0.579. The lowest BCUT2D eigenvalue weighted by Crippen LogP contribution is -2.47. The molecule has 2 saturated heterocycles. The van der Waals surface area contributed by atoms with E-state index in [0.29, 0.717) is 23.6 Å². The zero-order valence-corrected chi connectivity index (χ0v) is 17.1. The van der Waals surface area contributed by atoms with Gasteiger partial charge in [-0.1, -0.05) is 11.6 Å². The van der Waals surface area contributed by atoms with Crippen molar-refractivity contribution in [3.63, 3.8) is 0 Å². The number of carbonyl (C=O) groups is 2. The Morgan fingerprint density at radius 3 is 2.33 bits per heavy atom. The van der Waals surface area contributed by atoms with Gasteiger partial charge in [-0.3, -0.25) is 9.59 Å². The molecule has 0 saturated carbocycles. The fourth-order valence-corrected chi connectivity index (χ4v) is 3.62. The highest BCUT2D eigenvalue weighted by atomic mass is 35.5. The van der Waals surface area contributed by atoms with Crippen molar-refractivity contribution in [1.82, 2.24) is 20.0 Å². The third-order valence-electron chi connectivity index (χ3n) is 5.08. The molecule has 6 nitrogen and oxygen atoms in total. The Balaban J connectivity index is 0.00000261. The van der Waals surface area contributed by atoms with Gasteiger partial charge in [0.05, 0.1) is 0 Å². The first-order valence-corrected chi connectivity index (χ1v) is 9.77. The number of halogens is 2. The first-order chi connectivity index (χ1) is 12.6. The molecule has 1 N–H and O–H groups in total. The van der Waals surface area contributed by atoms with Crippen molar-refractivity contribution >= 4 is 35.8 Å². The molecule has 0 spiro atoms. The maximum absolute atomic E-state index is 12.6. The summed E-state index contributed by atoms with van der Waals surface area (Å²) in [6.45, 7) is 7.35. The van der Waals surface area contributed by atoms with Crippen LogP contribution in [-0.2, 0) is 4.79 Å². The summed E-state index contributed by atoms with van der Waals surface area (Å²) in [5.74, 6) is 0.297. The summed E-state index contributed by atoms with van der Waals surface area (Å²) in [4.78, 5) is 31.1. The standard InChI is InChI=1S/C19H27ClN4O2.ClH/c20-17-4-2-16(3-5-17)19(26)24-10-1-9-22(14-15-24)11-6-18(25)23-12-7-21-8-13-23;/h2-5,21H,1,6-15H2;1H. The second-order valence-corrected chi connectivity index (χ2v) is 7.31. The van der Waals surface area contributed by atoms with Crippen LogP contribution in [0.15, 0.2) is 24.3 Å². The summed E-state index contributed by atoms with van der Waals surface area (Å²) in [6, 6.07) is 7.06. The van der Waals surface area contributed by atoms with E-state index in [4.69, 9.17) is 11.6 Å². The maximum atomic E-state index is 12.6. The molecule has 2 fully saturated rings. The Bertz CT molecular complexity index is 621. The second-order valence-electron chi connectivity index (χ2n) is 6.88. The summed E-state index contributed by atoms with van der Waals surface area (Å²) in [5.41, 5.74) is 0.678. The van der Waals surface area contributed by atoms with Crippen LogP contribution in [0.2, 0.25) is 5.02 Å². The lowest BCUT2D eigenvalue weighted by Gasteiger charge is -2.28. The fourth-order valence-electron chi connectivity index (χ4n) is 3.50. The van der Waals surface area contributed by atoms with Crippen molar-refractivity contribution in [1.29, 1.82) is 0 Å². The number of rotatable bonds is 4. The monoisotopic (exact) mass is 414 g/mol. The van der Waals surface area contributed by atoms with Crippen LogP contribution >= 0.6 is 24.0 Å². The summed E-state index contributed by atoms with van der Waals surface area (Å²) in [7, 11) is 0. The maximum Gasteiger partial charge on any atom is 0.253 e. The van der Waals surface area contributed by atoms with Crippen LogP contribution in [0.1, 0.15) is 23.2 Å². The van der Waals surface area contributed by atoms with Crippen LogP contribution in [0.5, 0.6) is 0 Å². The van der Waals surface area contributed by atoms with Gasteiger partial charge in [-0.2, -0.15) is 0 Å². The van der Waals surface area contributed by atoms with E-state index in [1.165, 1.54) is 0 Å². The number of hydrogen-bond donors (Lipinski definition) is 1. The van der Waals surface area contributed by atoms with Crippen LogP contribution in [0.25, 0.3) is 0 Å². The van der Waals surface area contributed by atoms with Crippen molar-refractivity contribution in [2.45, 2.75) is 12.8 Å². The summed E-state index contributed by atoms with van der Waals surface area (Å²) < 4.78 is 0. The van der Waals surface area contributed by atoms with E-state index < -0.39 is 0 Å².